The Hall–Kier alpha value is -4.04. The Morgan fingerprint density at radius 2 is 1.80 bits per heavy atom. The Bertz CT molecular complexity index is 1770. The third-order valence-electron chi connectivity index (χ3n) is 6.55. The molecule has 0 spiro atoms. The van der Waals surface area contributed by atoms with Crippen molar-refractivity contribution in [3.8, 4) is 11.5 Å². The van der Waals surface area contributed by atoms with Crippen LogP contribution < -0.4 is 14.8 Å². The molecule has 1 atom stereocenters. The molecule has 4 rings (SSSR count). The number of rotatable bonds is 13. The molecule has 46 heavy (non-hydrogen) atoms. The number of sulfone groups is 1. The first kappa shape index (κ1) is 36.4. The number of carbonyl (C=O) groups is 2. The molecule has 14 heteroatoms. The first-order valence-electron chi connectivity index (χ1n) is 13.9. The highest BCUT2D eigenvalue weighted by Gasteiger charge is 2.22. The van der Waals surface area contributed by atoms with Crippen LogP contribution in [0.15, 0.2) is 77.0 Å². The number of amides is 1. The number of aromatic nitrogens is 1. The number of alkyl halides is 1. The molecular formula is C32H34ClFN2O8S2. The Labute approximate surface area is 275 Å². The number of carbonyl (C=O) groups excluding carboxylic acids is 1. The van der Waals surface area contributed by atoms with Crippen LogP contribution in [0.5, 0.6) is 11.5 Å². The summed E-state index contributed by atoms with van der Waals surface area (Å²) in [6.45, 7) is 6.43. The van der Waals surface area contributed by atoms with E-state index in [4.69, 9.17) is 26.2 Å². The molecule has 0 aliphatic rings. The van der Waals surface area contributed by atoms with Crippen LogP contribution in [0, 0.1) is 0 Å². The van der Waals surface area contributed by atoms with Gasteiger partial charge in [0.2, 0.25) is 0 Å². The lowest BCUT2D eigenvalue weighted by Gasteiger charge is -2.15. The lowest BCUT2D eigenvalue weighted by molar-refractivity contribution is -0.153. The van der Waals surface area contributed by atoms with Crippen molar-refractivity contribution in [3.05, 3.63) is 99.0 Å². The Morgan fingerprint density at radius 3 is 2.46 bits per heavy atom. The summed E-state index contributed by atoms with van der Waals surface area (Å²) >= 11 is 7.34. The molecule has 246 valence electrons. The topological polar surface area (TPSA) is 163 Å². The van der Waals surface area contributed by atoms with E-state index in [1.54, 1.807) is 24.3 Å². The van der Waals surface area contributed by atoms with E-state index in [1.807, 2.05) is 5.38 Å². The molecule has 0 aliphatic heterocycles. The quantitative estimate of drug-likeness (QED) is 0.166. The van der Waals surface area contributed by atoms with Crippen LogP contribution in [0.25, 0.3) is 0 Å². The fraction of sp³-hybridized carbons (Fsp3) is 0.281. The molecule has 0 aliphatic carbocycles. The molecule has 1 unspecified atom stereocenters. The first-order chi connectivity index (χ1) is 21.2. The van der Waals surface area contributed by atoms with Gasteiger partial charge >= 0.3 is 12.3 Å². The molecule has 1 heterocycles. The standard InChI is InChI=1S/C32H32ClFN2O7S2.H2O/c1-32(2,3)27-19-44-28(36-27)18-42-23-8-4-7-21(17-23)30(37)35-25-16-20(9-14-26(25)43-29(34)31(38)39)6-5-15-45(40,41)24-12-10-22(33)11-13-24;/h4,7-14,16-17,19,29H,5-6,15,18H2,1-3H3,(H,35,37)(H,38,39);1H2. The molecule has 4 aromatic rings. The molecule has 0 saturated heterocycles. The maximum absolute atomic E-state index is 14.0. The third-order valence-corrected chi connectivity index (χ3v) is 9.44. The zero-order valence-corrected chi connectivity index (χ0v) is 27.6. The number of hydrogen-bond acceptors (Lipinski definition) is 8. The molecule has 0 saturated carbocycles. The smallest absolute Gasteiger partial charge is 0.378 e. The molecule has 0 radical (unpaired) electrons. The van der Waals surface area contributed by atoms with Gasteiger partial charge in [-0.05, 0) is 73.0 Å². The number of anilines is 1. The van der Waals surface area contributed by atoms with Crippen LogP contribution in [0.2, 0.25) is 5.02 Å². The summed E-state index contributed by atoms with van der Waals surface area (Å²) in [5.41, 5.74) is 1.73. The monoisotopic (exact) mass is 692 g/mol. The number of carboxylic acids is 1. The molecule has 1 amide bonds. The summed E-state index contributed by atoms with van der Waals surface area (Å²) < 4.78 is 50.2. The van der Waals surface area contributed by atoms with Gasteiger partial charge in [0.25, 0.3) is 5.91 Å². The Balaban J connectivity index is 0.00000576. The fourth-order valence-electron chi connectivity index (χ4n) is 4.11. The van der Waals surface area contributed by atoms with Gasteiger partial charge in [0.15, 0.2) is 9.84 Å². The van der Waals surface area contributed by atoms with Crippen molar-refractivity contribution in [2.75, 3.05) is 11.1 Å². The number of hydrogen-bond donors (Lipinski definition) is 2. The Morgan fingerprint density at radius 1 is 1.09 bits per heavy atom. The van der Waals surface area contributed by atoms with E-state index >= 15 is 0 Å². The van der Waals surface area contributed by atoms with Crippen LogP contribution in [0.4, 0.5) is 10.1 Å². The first-order valence-corrected chi connectivity index (χ1v) is 16.8. The second-order valence-electron chi connectivity index (χ2n) is 11.1. The summed E-state index contributed by atoms with van der Waals surface area (Å²) in [5, 5.41) is 14.8. The maximum atomic E-state index is 14.0. The number of benzene rings is 3. The average molecular weight is 693 g/mol. The third kappa shape index (κ3) is 9.98. The number of ether oxygens (including phenoxy) is 2. The SMILES string of the molecule is CC(C)(C)c1csc(COc2cccc(C(=O)Nc3cc(CCCS(=O)(=O)c4ccc(Cl)cc4)ccc3OC(F)C(=O)O)c2)n1.O. The highest BCUT2D eigenvalue weighted by atomic mass is 35.5. The lowest BCUT2D eigenvalue weighted by Crippen LogP contribution is -2.22. The molecule has 4 N–H and O–H groups in total. The zero-order valence-electron chi connectivity index (χ0n) is 25.3. The molecule has 10 nitrogen and oxygen atoms in total. The predicted octanol–water partition coefficient (Wildman–Crippen LogP) is 6.27. The molecule has 3 aromatic carbocycles. The molecular weight excluding hydrogens is 659 g/mol. The van der Waals surface area contributed by atoms with Crippen LogP contribution in [-0.2, 0) is 33.1 Å². The number of carboxylic acid groups (broad SMARTS) is 1. The normalized spacial score (nSPS) is 12.1. The summed E-state index contributed by atoms with van der Waals surface area (Å²) in [5.74, 6) is -2.34. The van der Waals surface area contributed by atoms with Crippen molar-refractivity contribution in [3.63, 3.8) is 0 Å². The minimum absolute atomic E-state index is 0. The van der Waals surface area contributed by atoms with E-state index in [1.165, 1.54) is 53.8 Å². The van der Waals surface area contributed by atoms with Gasteiger partial charge in [0.05, 0.1) is 22.0 Å². The summed E-state index contributed by atoms with van der Waals surface area (Å²) in [6.07, 6.45) is -2.13. The fourth-order valence-corrected chi connectivity index (χ4v) is 6.48. The Kier molecular flexibility index (Phi) is 12.3. The number of thiazole rings is 1. The zero-order chi connectivity index (χ0) is 32.8. The summed E-state index contributed by atoms with van der Waals surface area (Å²) in [6, 6.07) is 16.7. The number of aliphatic carboxylic acids is 1. The van der Waals surface area contributed by atoms with Gasteiger partial charge in [-0.25, -0.2) is 18.2 Å². The van der Waals surface area contributed by atoms with Crippen LogP contribution in [0.1, 0.15) is 53.8 Å². The largest absolute Gasteiger partial charge is 0.486 e. The average Bonchev–Trinajstić information content (AvgIpc) is 3.48. The minimum Gasteiger partial charge on any atom is -0.486 e. The van der Waals surface area contributed by atoms with Crippen molar-refractivity contribution in [1.29, 1.82) is 0 Å². The second-order valence-corrected chi connectivity index (χ2v) is 14.6. The van der Waals surface area contributed by atoms with Crippen molar-refractivity contribution in [2.24, 2.45) is 0 Å². The number of halogens is 2. The number of nitrogens with zero attached hydrogens (tertiary/aromatic N) is 1. The van der Waals surface area contributed by atoms with Gasteiger partial charge in [0.1, 0.15) is 23.1 Å². The van der Waals surface area contributed by atoms with E-state index in [0.717, 1.165) is 10.7 Å². The van der Waals surface area contributed by atoms with E-state index in [0.29, 0.717) is 22.8 Å². The lowest BCUT2D eigenvalue weighted by atomic mass is 9.93. The van der Waals surface area contributed by atoms with Gasteiger partial charge in [-0.15, -0.1) is 11.3 Å². The summed E-state index contributed by atoms with van der Waals surface area (Å²) in [7, 11) is -3.56. The number of nitrogens with one attached hydrogen (secondary N) is 1. The van der Waals surface area contributed by atoms with Gasteiger partial charge in [-0.2, -0.15) is 4.39 Å². The molecule has 0 fully saturated rings. The maximum Gasteiger partial charge on any atom is 0.378 e. The highest BCUT2D eigenvalue weighted by Crippen LogP contribution is 2.30. The predicted molar refractivity (Wildman–Crippen MR) is 175 cm³/mol. The minimum atomic E-state index is -3.56. The summed E-state index contributed by atoms with van der Waals surface area (Å²) in [4.78, 5) is 29.1. The van der Waals surface area contributed by atoms with Gasteiger partial charge in [-0.1, -0.05) is 44.5 Å². The van der Waals surface area contributed by atoms with Crippen LogP contribution in [0.3, 0.4) is 0 Å². The van der Waals surface area contributed by atoms with Gasteiger partial charge in [0, 0.05) is 21.4 Å². The van der Waals surface area contributed by atoms with Crippen LogP contribution in [-0.4, -0.2) is 48.0 Å². The van der Waals surface area contributed by atoms with Gasteiger partial charge in [-0.3, -0.25) is 4.79 Å². The van der Waals surface area contributed by atoms with E-state index in [-0.39, 0.29) is 51.6 Å². The molecule has 1 aromatic heterocycles. The van der Waals surface area contributed by atoms with Gasteiger partial charge < -0.3 is 25.4 Å². The van der Waals surface area contributed by atoms with Crippen molar-refractivity contribution in [2.45, 2.75) is 56.9 Å². The second kappa shape index (κ2) is 15.5. The highest BCUT2D eigenvalue weighted by molar-refractivity contribution is 7.91. The van der Waals surface area contributed by atoms with Crippen molar-refractivity contribution < 1.29 is 42.5 Å². The molecule has 0 bridgehead atoms. The van der Waals surface area contributed by atoms with E-state index in [2.05, 4.69) is 31.1 Å². The van der Waals surface area contributed by atoms with Crippen molar-refractivity contribution >= 4 is 50.3 Å². The van der Waals surface area contributed by atoms with Crippen LogP contribution >= 0.6 is 22.9 Å². The van der Waals surface area contributed by atoms with Crippen molar-refractivity contribution in [1.82, 2.24) is 4.98 Å². The van der Waals surface area contributed by atoms with E-state index < -0.39 is 28.1 Å². The number of aryl methyl sites for hydroxylation is 1. The van der Waals surface area contributed by atoms with E-state index in [9.17, 15) is 22.4 Å².